The van der Waals surface area contributed by atoms with Crippen LogP contribution in [0.25, 0.3) is 0 Å². The highest BCUT2D eigenvalue weighted by atomic mass is 16.5. The molecule has 1 aromatic heterocycles. The summed E-state index contributed by atoms with van der Waals surface area (Å²) in [7, 11) is 0. The van der Waals surface area contributed by atoms with Crippen LogP contribution in [-0.2, 0) is 20.9 Å². The Bertz CT molecular complexity index is 486. The molecular weight excluding hydrogens is 260 g/mol. The average molecular weight is 280 g/mol. The maximum absolute atomic E-state index is 12.2. The van der Waals surface area contributed by atoms with Crippen LogP contribution < -0.4 is 0 Å². The molecule has 1 atom stereocenters. The van der Waals surface area contributed by atoms with Gasteiger partial charge in [-0.15, -0.1) is 5.10 Å². The quantitative estimate of drug-likeness (QED) is 0.746. The molecule has 1 aromatic rings. The van der Waals surface area contributed by atoms with Crippen LogP contribution in [0.1, 0.15) is 25.5 Å². The lowest BCUT2D eigenvalue weighted by molar-refractivity contribution is -0.151. The van der Waals surface area contributed by atoms with Crippen molar-refractivity contribution >= 4 is 11.9 Å². The summed E-state index contributed by atoms with van der Waals surface area (Å²) >= 11 is 0. The van der Waals surface area contributed by atoms with E-state index in [2.05, 4.69) is 10.3 Å². The number of nitrogens with zero attached hydrogens (tertiary/aromatic N) is 4. The molecule has 1 aliphatic rings. The molecule has 0 aliphatic carbocycles. The van der Waals surface area contributed by atoms with Gasteiger partial charge < -0.3 is 9.64 Å². The lowest BCUT2D eigenvalue weighted by Gasteiger charge is -2.31. The van der Waals surface area contributed by atoms with Gasteiger partial charge in [0.1, 0.15) is 6.54 Å². The normalized spacial score (nSPS) is 18.9. The minimum atomic E-state index is -0.207. The molecule has 2 heterocycles. The number of aromatic nitrogens is 3. The third-order valence-corrected chi connectivity index (χ3v) is 3.49. The van der Waals surface area contributed by atoms with Gasteiger partial charge in [0.15, 0.2) is 0 Å². The second-order valence-corrected chi connectivity index (χ2v) is 4.96. The predicted octanol–water partition coefficient (Wildman–Crippen LogP) is 0.388. The molecule has 1 amide bonds. The van der Waals surface area contributed by atoms with Crippen molar-refractivity contribution < 1.29 is 14.3 Å². The van der Waals surface area contributed by atoms with Crippen LogP contribution in [0.4, 0.5) is 0 Å². The highest BCUT2D eigenvalue weighted by molar-refractivity contribution is 5.78. The van der Waals surface area contributed by atoms with Crippen molar-refractivity contribution in [2.24, 2.45) is 5.92 Å². The Labute approximate surface area is 117 Å². The SMILES string of the molecule is CCOC(=O)C1CCCN(C(=O)Cn2nncc2C)C1. The van der Waals surface area contributed by atoms with E-state index in [0.29, 0.717) is 19.7 Å². The maximum atomic E-state index is 12.2. The second kappa shape index (κ2) is 6.49. The first-order valence-corrected chi connectivity index (χ1v) is 6.91. The molecule has 0 spiro atoms. The fourth-order valence-corrected chi connectivity index (χ4v) is 2.35. The smallest absolute Gasteiger partial charge is 0.310 e. The monoisotopic (exact) mass is 280 g/mol. The zero-order chi connectivity index (χ0) is 14.5. The van der Waals surface area contributed by atoms with E-state index in [1.54, 1.807) is 22.7 Å². The third-order valence-electron chi connectivity index (χ3n) is 3.49. The van der Waals surface area contributed by atoms with E-state index in [4.69, 9.17) is 4.74 Å². The van der Waals surface area contributed by atoms with E-state index in [0.717, 1.165) is 18.5 Å². The van der Waals surface area contributed by atoms with Gasteiger partial charge in [-0.1, -0.05) is 5.21 Å². The van der Waals surface area contributed by atoms with E-state index in [-0.39, 0.29) is 24.3 Å². The summed E-state index contributed by atoms with van der Waals surface area (Å²) in [5.74, 6) is -0.445. The van der Waals surface area contributed by atoms with E-state index < -0.39 is 0 Å². The van der Waals surface area contributed by atoms with Crippen LogP contribution in [0.15, 0.2) is 6.20 Å². The Morgan fingerprint density at radius 2 is 2.30 bits per heavy atom. The predicted molar refractivity (Wildman–Crippen MR) is 70.7 cm³/mol. The van der Waals surface area contributed by atoms with Gasteiger partial charge in [-0.05, 0) is 26.7 Å². The minimum Gasteiger partial charge on any atom is -0.466 e. The first kappa shape index (κ1) is 14.5. The standard InChI is InChI=1S/C13H20N4O3/c1-3-20-13(19)11-5-4-6-16(8-11)12(18)9-17-10(2)7-14-15-17/h7,11H,3-6,8-9H2,1-2H3. The maximum Gasteiger partial charge on any atom is 0.310 e. The Kier molecular flexibility index (Phi) is 4.70. The number of ether oxygens (including phenoxy) is 1. The highest BCUT2D eigenvalue weighted by Crippen LogP contribution is 2.18. The molecule has 0 saturated carbocycles. The Morgan fingerprint density at radius 3 is 2.95 bits per heavy atom. The van der Waals surface area contributed by atoms with Crippen LogP contribution in [0, 0.1) is 12.8 Å². The third kappa shape index (κ3) is 3.34. The molecule has 0 radical (unpaired) electrons. The Balaban J connectivity index is 1.93. The van der Waals surface area contributed by atoms with Crippen LogP contribution in [0.2, 0.25) is 0 Å². The lowest BCUT2D eigenvalue weighted by Crippen LogP contribution is -2.44. The number of piperidine rings is 1. The molecule has 1 unspecified atom stereocenters. The molecule has 0 N–H and O–H groups in total. The summed E-state index contributed by atoms with van der Waals surface area (Å²) in [6.07, 6.45) is 3.22. The first-order valence-electron chi connectivity index (χ1n) is 6.91. The number of hydrogen-bond donors (Lipinski definition) is 0. The topological polar surface area (TPSA) is 77.3 Å². The van der Waals surface area contributed by atoms with Gasteiger partial charge in [0.2, 0.25) is 5.91 Å². The summed E-state index contributed by atoms with van der Waals surface area (Å²) in [4.78, 5) is 25.7. The number of carbonyl (C=O) groups is 2. The lowest BCUT2D eigenvalue weighted by atomic mass is 9.98. The molecule has 0 aromatic carbocycles. The molecule has 1 saturated heterocycles. The molecular formula is C13H20N4O3. The zero-order valence-electron chi connectivity index (χ0n) is 11.9. The fourth-order valence-electron chi connectivity index (χ4n) is 2.35. The first-order chi connectivity index (χ1) is 9.61. The number of aryl methyl sites for hydroxylation is 1. The largest absolute Gasteiger partial charge is 0.466 e. The average Bonchev–Trinajstić information content (AvgIpc) is 2.85. The van der Waals surface area contributed by atoms with Gasteiger partial charge in [0, 0.05) is 13.1 Å². The summed E-state index contributed by atoms with van der Waals surface area (Å²) in [5.41, 5.74) is 0.845. The summed E-state index contributed by atoms with van der Waals surface area (Å²) < 4.78 is 6.60. The molecule has 7 heteroatoms. The molecule has 110 valence electrons. The highest BCUT2D eigenvalue weighted by Gasteiger charge is 2.29. The van der Waals surface area contributed by atoms with Crippen molar-refractivity contribution in [1.29, 1.82) is 0 Å². The number of amides is 1. The van der Waals surface area contributed by atoms with Gasteiger partial charge in [0.05, 0.1) is 24.4 Å². The summed E-state index contributed by atoms with van der Waals surface area (Å²) in [6, 6.07) is 0. The van der Waals surface area contributed by atoms with E-state index in [9.17, 15) is 9.59 Å². The van der Waals surface area contributed by atoms with Crippen LogP contribution >= 0.6 is 0 Å². The van der Waals surface area contributed by atoms with Crippen molar-refractivity contribution in [3.05, 3.63) is 11.9 Å². The molecule has 1 aliphatic heterocycles. The molecule has 1 fully saturated rings. The zero-order valence-corrected chi connectivity index (χ0v) is 11.9. The van der Waals surface area contributed by atoms with Crippen LogP contribution in [0.3, 0.4) is 0 Å². The van der Waals surface area contributed by atoms with Crippen LogP contribution in [-0.4, -0.2) is 51.5 Å². The Hall–Kier alpha value is -1.92. The molecule has 7 nitrogen and oxygen atoms in total. The fraction of sp³-hybridized carbons (Fsp3) is 0.692. The van der Waals surface area contributed by atoms with Gasteiger partial charge in [-0.3, -0.25) is 9.59 Å². The van der Waals surface area contributed by atoms with Crippen molar-refractivity contribution in [3.63, 3.8) is 0 Å². The van der Waals surface area contributed by atoms with Crippen molar-refractivity contribution in [2.75, 3.05) is 19.7 Å². The Morgan fingerprint density at radius 1 is 1.50 bits per heavy atom. The molecule has 2 rings (SSSR count). The second-order valence-electron chi connectivity index (χ2n) is 4.96. The van der Waals surface area contributed by atoms with E-state index >= 15 is 0 Å². The molecule has 20 heavy (non-hydrogen) atoms. The number of esters is 1. The van der Waals surface area contributed by atoms with Gasteiger partial charge >= 0.3 is 5.97 Å². The van der Waals surface area contributed by atoms with Crippen molar-refractivity contribution in [3.8, 4) is 0 Å². The van der Waals surface area contributed by atoms with Crippen LogP contribution in [0.5, 0.6) is 0 Å². The van der Waals surface area contributed by atoms with Gasteiger partial charge in [0.25, 0.3) is 0 Å². The number of carbonyl (C=O) groups excluding carboxylic acids is 2. The van der Waals surface area contributed by atoms with Crippen molar-refractivity contribution in [2.45, 2.75) is 33.2 Å². The van der Waals surface area contributed by atoms with Gasteiger partial charge in [-0.2, -0.15) is 0 Å². The minimum absolute atomic E-state index is 0.0346. The summed E-state index contributed by atoms with van der Waals surface area (Å²) in [6.45, 7) is 5.30. The number of likely N-dealkylation sites (tertiary alicyclic amines) is 1. The van der Waals surface area contributed by atoms with E-state index in [1.165, 1.54) is 0 Å². The van der Waals surface area contributed by atoms with Crippen molar-refractivity contribution in [1.82, 2.24) is 19.9 Å². The molecule has 0 bridgehead atoms. The summed E-state index contributed by atoms with van der Waals surface area (Å²) in [5, 5.41) is 7.62. The number of rotatable bonds is 4. The van der Waals surface area contributed by atoms with E-state index in [1.807, 2.05) is 6.92 Å². The van der Waals surface area contributed by atoms with Gasteiger partial charge in [-0.25, -0.2) is 4.68 Å². The number of hydrogen-bond acceptors (Lipinski definition) is 5.